The van der Waals surface area contributed by atoms with Gasteiger partial charge in [-0.15, -0.1) is 0 Å². The second-order valence-corrected chi connectivity index (χ2v) is 5.14. The lowest BCUT2D eigenvalue weighted by Gasteiger charge is -2.15. The smallest absolute Gasteiger partial charge is 0.352 e. The Kier molecular flexibility index (Phi) is 5.20. The van der Waals surface area contributed by atoms with Gasteiger partial charge in [0, 0.05) is 12.1 Å². The largest absolute Gasteiger partial charge is 0.433 e. The second-order valence-electron chi connectivity index (χ2n) is 5.14. The van der Waals surface area contributed by atoms with Crippen molar-refractivity contribution in [1.29, 1.82) is 0 Å². The van der Waals surface area contributed by atoms with Crippen LogP contribution in [-0.4, -0.2) is 16.0 Å². The third kappa shape index (κ3) is 4.30. The van der Waals surface area contributed by atoms with Crippen LogP contribution in [0.25, 0.3) is 0 Å². The maximum Gasteiger partial charge on any atom is 0.433 e. The number of halogens is 5. The van der Waals surface area contributed by atoms with Gasteiger partial charge >= 0.3 is 6.18 Å². The Labute approximate surface area is 135 Å². The van der Waals surface area contributed by atoms with Crippen LogP contribution >= 0.6 is 0 Å². The van der Waals surface area contributed by atoms with Crippen molar-refractivity contribution >= 4 is 17.5 Å². The SMILES string of the molecule is CC[C@@H](C)Nc1nc(Nc2c(F)cccc2F)cc(C(F)(F)F)n1. The molecule has 1 atom stereocenters. The average Bonchev–Trinajstić information content (AvgIpc) is 2.50. The molecule has 2 N–H and O–H groups in total. The van der Waals surface area contributed by atoms with Gasteiger partial charge in [0.2, 0.25) is 5.95 Å². The standard InChI is InChI=1S/C15H15F5N4/c1-3-8(2)21-14-22-11(15(18,19)20)7-12(24-14)23-13-9(16)5-4-6-10(13)17/h4-8H,3H2,1-2H3,(H2,21,22,23,24)/t8-/m1/s1. The van der Waals surface area contributed by atoms with Crippen molar-refractivity contribution in [1.82, 2.24) is 9.97 Å². The Morgan fingerprint density at radius 3 is 2.29 bits per heavy atom. The van der Waals surface area contributed by atoms with E-state index in [1.165, 1.54) is 0 Å². The van der Waals surface area contributed by atoms with Gasteiger partial charge < -0.3 is 10.6 Å². The van der Waals surface area contributed by atoms with Crippen LogP contribution < -0.4 is 10.6 Å². The Bertz CT molecular complexity index is 697. The number of alkyl halides is 3. The first kappa shape index (κ1) is 17.9. The van der Waals surface area contributed by atoms with E-state index in [9.17, 15) is 22.0 Å². The van der Waals surface area contributed by atoms with Crippen LogP contribution in [-0.2, 0) is 6.18 Å². The van der Waals surface area contributed by atoms with Gasteiger partial charge in [0.25, 0.3) is 0 Å². The minimum atomic E-state index is -4.72. The van der Waals surface area contributed by atoms with Gasteiger partial charge in [-0.25, -0.2) is 13.8 Å². The van der Waals surface area contributed by atoms with Crippen molar-refractivity contribution in [2.75, 3.05) is 10.6 Å². The number of hydrogen-bond donors (Lipinski definition) is 2. The highest BCUT2D eigenvalue weighted by atomic mass is 19.4. The number of para-hydroxylation sites is 1. The molecule has 0 aliphatic rings. The maximum absolute atomic E-state index is 13.7. The van der Waals surface area contributed by atoms with Gasteiger partial charge in [-0.05, 0) is 25.5 Å². The topological polar surface area (TPSA) is 49.8 Å². The van der Waals surface area contributed by atoms with Crippen molar-refractivity contribution in [2.45, 2.75) is 32.5 Å². The maximum atomic E-state index is 13.7. The van der Waals surface area contributed by atoms with Gasteiger partial charge in [-0.3, -0.25) is 0 Å². The number of aromatic nitrogens is 2. The molecule has 24 heavy (non-hydrogen) atoms. The van der Waals surface area contributed by atoms with Gasteiger partial charge in [-0.1, -0.05) is 13.0 Å². The van der Waals surface area contributed by atoms with Crippen molar-refractivity contribution < 1.29 is 22.0 Å². The van der Waals surface area contributed by atoms with Crippen LogP contribution in [0.4, 0.5) is 39.4 Å². The fourth-order valence-electron chi connectivity index (χ4n) is 1.79. The summed E-state index contributed by atoms with van der Waals surface area (Å²) < 4.78 is 66.2. The first-order valence-corrected chi connectivity index (χ1v) is 7.14. The quantitative estimate of drug-likeness (QED) is 0.769. The Hall–Kier alpha value is -2.45. The summed E-state index contributed by atoms with van der Waals surface area (Å²) in [5, 5.41) is 4.95. The monoisotopic (exact) mass is 346 g/mol. The zero-order valence-corrected chi connectivity index (χ0v) is 12.9. The van der Waals surface area contributed by atoms with E-state index in [-0.39, 0.29) is 17.8 Å². The normalized spacial score (nSPS) is 12.8. The third-order valence-electron chi connectivity index (χ3n) is 3.22. The lowest BCUT2D eigenvalue weighted by molar-refractivity contribution is -0.141. The Morgan fingerprint density at radius 1 is 1.12 bits per heavy atom. The van der Waals surface area contributed by atoms with Crippen LogP contribution in [0.1, 0.15) is 26.0 Å². The summed E-state index contributed by atoms with van der Waals surface area (Å²) in [5.74, 6) is -2.54. The predicted octanol–water partition coefficient (Wildman–Crippen LogP) is 4.73. The zero-order chi connectivity index (χ0) is 17.9. The molecule has 0 unspecified atom stereocenters. The molecule has 9 heteroatoms. The molecule has 4 nitrogen and oxygen atoms in total. The molecule has 0 spiro atoms. The van der Waals surface area contributed by atoms with Gasteiger partial charge in [0.15, 0.2) is 5.69 Å². The summed E-state index contributed by atoms with van der Waals surface area (Å²) in [6, 6.07) is 3.53. The first-order chi connectivity index (χ1) is 11.2. The van der Waals surface area contributed by atoms with Crippen LogP contribution in [0.3, 0.4) is 0 Å². The highest BCUT2D eigenvalue weighted by molar-refractivity contribution is 5.59. The van der Waals surface area contributed by atoms with Crippen LogP contribution in [0.5, 0.6) is 0 Å². The van der Waals surface area contributed by atoms with E-state index in [1.807, 2.05) is 6.92 Å². The molecular weight excluding hydrogens is 331 g/mol. The summed E-state index contributed by atoms with van der Waals surface area (Å²) >= 11 is 0. The molecule has 0 saturated carbocycles. The molecule has 0 aliphatic carbocycles. The van der Waals surface area contributed by atoms with Gasteiger partial charge in [0.05, 0.1) is 0 Å². The van der Waals surface area contributed by atoms with E-state index in [0.29, 0.717) is 12.5 Å². The lowest BCUT2D eigenvalue weighted by Crippen LogP contribution is -2.19. The molecule has 1 aromatic carbocycles. The Balaban J connectivity index is 2.43. The summed E-state index contributed by atoms with van der Waals surface area (Å²) in [6.45, 7) is 3.58. The van der Waals surface area contributed by atoms with Gasteiger partial charge in [0.1, 0.15) is 23.1 Å². The van der Waals surface area contributed by atoms with Crippen molar-refractivity contribution in [2.24, 2.45) is 0 Å². The van der Waals surface area contributed by atoms with Crippen LogP contribution in [0.2, 0.25) is 0 Å². The highest BCUT2D eigenvalue weighted by Gasteiger charge is 2.34. The van der Waals surface area contributed by atoms with Crippen LogP contribution in [0.15, 0.2) is 24.3 Å². The Morgan fingerprint density at radius 2 is 1.75 bits per heavy atom. The fourth-order valence-corrected chi connectivity index (χ4v) is 1.79. The minimum Gasteiger partial charge on any atom is -0.352 e. The zero-order valence-electron chi connectivity index (χ0n) is 12.9. The van der Waals surface area contributed by atoms with Crippen molar-refractivity contribution in [3.8, 4) is 0 Å². The average molecular weight is 346 g/mol. The summed E-state index contributed by atoms with van der Waals surface area (Å²) in [7, 11) is 0. The number of benzene rings is 1. The minimum absolute atomic E-state index is 0.175. The van der Waals surface area contributed by atoms with E-state index in [0.717, 1.165) is 18.2 Å². The molecule has 2 rings (SSSR count). The van der Waals surface area contributed by atoms with E-state index in [2.05, 4.69) is 20.6 Å². The number of hydrogen-bond acceptors (Lipinski definition) is 4. The molecular formula is C15H15F5N4. The second kappa shape index (κ2) is 6.98. The molecule has 0 fully saturated rings. The number of nitrogens with one attached hydrogen (secondary N) is 2. The summed E-state index contributed by atoms with van der Waals surface area (Å²) in [6.07, 6.45) is -4.09. The molecule has 2 aromatic rings. The van der Waals surface area contributed by atoms with E-state index in [1.54, 1.807) is 6.92 Å². The van der Waals surface area contributed by atoms with E-state index in [4.69, 9.17) is 0 Å². The van der Waals surface area contributed by atoms with Gasteiger partial charge in [-0.2, -0.15) is 18.2 Å². The first-order valence-electron chi connectivity index (χ1n) is 7.14. The predicted molar refractivity (Wildman–Crippen MR) is 80.1 cm³/mol. The van der Waals surface area contributed by atoms with E-state index >= 15 is 0 Å². The van der Waals surface area contributed by atoms with Crippen molar-refractivity contribution in [3.05, 3.63) is 41.6 Å². The molecule has 130 valence electrons. The highest BCUT2D eigenvalue weighted by Crippen LogP contribution is 2.31. The fraction of sp³-hybridized carbons (Fsp3) is 0.333. The lowest BCUT2D eigenvalue weighted by atomic mass is 10.2. The number of rotatable bonds is 5. The van der Waals surface area contributed by atoms with Crippen molar-refractivity contribution in [3.63, 3.8) is 0 Å². The summed E-state index contributed by atoms with van der Waals surface area (Å²) in [5.41, 5.74) is -1.80. The molecule has 0 aliphatic heterocycles. The molecule has 1 aromatic heterocycles. The van der Waals surface area contributed by atoms with E-state index < -0.39 is 29.2 Å². The molecule has 0 bridgehead atoms. The number of nitrogens with zero attached hydrogens (tertiary/aromatic N) is 2. The third-order valence-corrected chi connectivity index (χ3v) is 3.22. The molecule has 1 heterocycles. The molecule has 0 radical (unpaired) electrons. The molecule has 0 saturated heterocycles. The summed E-state index contributed by atoms with van der Waals surface area (Å²) in [4.78, 5) is 7.25. The molecule has 0 amide bonds. The van der Waals surface area contributed by atoms with Crippen LogP contribution in [0, 0.1) is 11.6 Å². The number of anilines is 3.